The third kappa shape index (κ3) is 3.36. The first-order valence-electron chi connectivity index (χ1n) is 8.69. The van der Waals surface area contributed by atoms with Gasteiger partial charge in [0.15, 0.2) is 0 Å². The van der Waals surface area contributed by atoms with E-state index in [1.165, 1.54) is 35.2 Å². The average Bonchev–Trinajstić information content (AvgIpc) is 2.60. The predicted molar refractivity (Wildman–Crippen MR) is 99.2 cm³/mol. The molecule has 23 heavy (non-hydrogen) atoms. The molecule has 0 radical (unpaired) electrons. The number of hydrogen-bond acceptors (Lipinski definition) is 2. The van der Waals surface area contributed by atoms with Crippen molar-refractivity contribution in [1.82, 2.24) is 0 Å². The maximum Gasteiger partial charge on any atom is 0.128 e. The van der Waals surface area contributed by atoms with Gasteiger partial charge < -0.3 is 10.1 Å². The molecule has 0 saturated carbocycles. The van der Waals surface area contributed by atoms with E-state index in [2.05, 4.69) is 43.1 Å². The number of aryl methyl sites for hydroxylation is 1. The van der Waals surface area contributed by atoms with Crippen LogP contribution in [-0.2, 0) is 12.8 Å². The lowest BCUT2D eigenvalue weighted by Crippen LogP contribution is -2.13. The summed E-state index contributed by atoms with van der Waals surface area (Å²) in [5.74, 6) is 1.59. The zero-order valence-electron chi connectivity index (χ0n) is 14.3. The van der Waals surface area contributed by atoms with Crippen molar-refractivity contribution in [1.29, 1.82) is 0 Å². The molecular weight excluding hydrogens is 282 g/mol. The molecule has 0 bridgehead atoms. The number of allylic oxidation sites excluding steroid dienone is 2. The van der Waals surface area contributed by atoms with Gasteiger partial charge in [-0.15, -0.1) is 0 Å². The summed E-state index contributed by atoms with van der Waals surface area (Å²) in [4.78, 5) is 0. The Labute approximate surface area is 139 Å². The van der Waals surface area contributed by atoms with Gasteiger partial charge in [0.05, 0.1) is 7.11 Å². The molecule has 0 aliphatic heterocycles. The molecule has 2 nitrogen and oxygen atoms in total. The van der Waals surface area contributed by atoms with Gasteiger partial charge in [-0.2, -0.15) is 0 Å². The molecule has 1 atom stereocenters. The zero-order valence-corrected chi connectivity index (χ0v) is 14.3. The minimum Gasteiger partial charge on any atom is -0.496 e. The second-order valence-electron chi connectivity index (χ2n) is 6.62. The van der Waals surface area contributed by atoms with Gasteiger partial charge in [0.1, 0.15) is 5.75 Å². The first kappa shape index (κ1) is 15.9. The third-order valence-electron chi connectivity index (χ3n) is 4.94. The van der Waals surface area contributed by atoms with E-state index in [1.54, 1.807) is 7.11 Å². The number of anilines is 1. The van der Waals surface area contributed by atoms with Gasteiger partial charge in [-0.05, 0) is 60.8 Å². The van der Waals surface area contributed by atoms with Crippen LogP contribution in [0.2, 0.25) is 0 Å². The topological polar surface area (TPSA) is 21.3 Å². The fourth-order valence-electron chi connectivity index (χ4n) is 3.56. The predicted octanol–water partition coefficient (Wildman–Crippen LogP) is 5.15. The molecule has 1 aromatic rings. The van der Waals surface area contributed by atoms with Gasteiger partial charge in [-0.3, -0.25) is 0 Å². The summed E-state index contributed by atoms with van der Waals surface area (Å²) in [6.07, 6.45) is 14.8. The van der Waals surface area contributed by atoms with Gasteiger partial charge in [-0.25, -0.2) is 0 Å². The minimum absolute atomic E-state index is 0.659. The first-order valence-corrected chi connectivity index (χ1v) is 8.69. The Bertz CT molecular complexity index is 654. The molecule has 0 heterocycles. The largest absolute Gasteiger partial charge is 0.496 e. The number of rotatable bonds is 5. The van der Waals surface area contributed by atoms with E-state index in [0.717, 1.165) is 37.1 Å². The summed E-state index contributed by atoms with van der Waals surface area (Å²) in [6.45, 7) is 7.13. The average molecular weight is 309 g/mol. The maximum atomic E-state index is 5.61. The molecule has 1 unspecified atom stereocenters. The zero-order chi connectivity index (χ0) is 16.2. The van der Waals surface area contributed by atoms with Crippen molar-refractivity contribution in [2.24, 2.45) is 5.92 Å². The van der Waals surface area contributed by atoms with Crippen LogP contribution in [0.5, 0.6) is 5.75 Å². The van der Waals surface area contributed by atoms with Crippen molar-refractivity contribution in [2.75, 3.05) is 19.0 Å². The second-order valence-corrected chi connectivity index (χ2v) is 6.62. The quantitative estimate of drug-likeness (QED) is 0.812. The van der Waals surface area contributed by atoms with Crippen LogP contribution in [0.3, 0.4) is 0 Å². The molecule has 0 amide bonds. The Morgan fingerprint density at radius 3 is 2.87 bits per heavy atom. The van der Waals surface area contributed by atoms with Crippen LogP contribution in [-0.4, -0.2) is 13.7 Å². The fourth-order valence-corrected chi connectivity index (χ4v) is 3.56. The van der Waals surface area contributed by atoms with Crippen molar-refractivity contribution in [3.8, 4) is 5.75 Å². The number of nitrogens with one attached hydrogen (secondary N) is 1. The Kier molecular flexibility index (Phi) is 4.90. The monoisotopic (exact) mass is 309 g/mol. The van der Waals surface area contributed by atoms with Crippen LogP contribution in [0, 0.1) is 5.92 Å². The molecule has 122 valence electrons. The van der Waals surface area contributed by atoms with Crippen LogP contribution in [0.1, 0.15) is 42.9 Å². The molecule has 1 aromatic carbocycles. The highest BCUT2D eigenvalue weighted by molar-refractivity contribution is 5.76. The lowest BCUT2D eigenvalue weighted by molar-refractivity contribution is 0.413. The Hall–Kier alpha value is -1.96. The van der Waals surface area contributed by atoms with E-state index in [4.69, 9.17) is 4.74 Å². The van der Waals surface area contributed by atoms with Crippen LogP contribution in [0.25, 0.3) is 6.08 Å². The summed E-state index contributed by atoms with van der Waals surface area (Å²) in [5.41, 5.74) is 6.58. The third-order valence-corrected chi connectivity index (χ3v) is 4.94. The van der Waals surface area contributed by atoms with Gasteiger partial charge >= 0.3 is 0 Å². The molecule has 0 saturated heterocycles. The van der Waals surface area contributed by atoms with E-state index in [9.17, 15) is 0 Å². The Morgan fingerprint density at radius 1 is 1.35 bits per heavy atom. The van der Waals surface area contributed by atoms with Crippen LogP contribution in [0.15, 0.2) is 36.4 Å². The first-order chi connectivity index (χ1) is 11.2. The van der Waals surface area contributed by atoms with Crippen molar-refractivity contribution in [3.05, 3.63) is 53.1 Å². The number of benzene rings is 1. The van der Waals surface area contributed by atoms with Gasteiger partial charge in [-0.1, -0.05) is 37.8 Å². The van der Waals surface area contributed by atoms with Crippen LogP contribution in [0.4, 0.5) is 5.69 Å². The molecule has 0 spiro atoms. The summed E-state index contributed by atoms with van der Waals surface area (Å²) in [5, 5.41) is 3.68. The van der Waals surface area contributed by atoms with E-state index in [1.807, 2.05) is 6.08 Å². The summed E-state index contributed by atoms with van der Waals surface area (Å²) in [6, 6.07) is 2.21. The molecule has 2 aliphatic carbocycles. The minimum atomic E-state index is 0.659. The highest BCUT2D eigenvalue weighted by Crippen LogP contribution is 2.38. The van der Waals surface area contributed by atoms with E-state index < -0.39 is 0 Å². The van der Waals surface area contributed by atoms with Crippen molar-refractivity contribution in [3.63, 3.8) is 0 Å². The summed E-state index contributed by atoms with van der Waals surface area (Å²) in [7, 11) is 1.75. The highest BCUT2D eigenvalue weighted by Gasteiger charge is 2.19. The number of hydrogen-bond donors (Lipinski definition) is 1. The van der Waals surface area contributed by atoms with Crippen molar-refractivity contribution in [2.45, 2.75) is 39.0 Å². The van der Waals surface area contributed by atoms with Gasteiger partial charge in [0.25, 0.3) is 0 Å². The molecule has 1 N–H and O–H groups in total. The molecule has 2 aliphatic rings. The van der Waals surface area contributed by atoms with Gasteiger partial charge in [0.2, 0.25) is 0 Å². The fraction of sp³-hybridized carbons (Fsp3) is 0.429. The van der Waals surface area contributed by atoms with Gasteiger partial charge in [0, 0.05) is 17.8 Å². The van der Waals surface area contributed by atoms with E-state index >= 15 is 0 Å². The normalized spacial score (nSPS) is 19.7. The number of ether oxygens (including phenoxy) is 1. The van der Waals surface area contributed by atoms with Crippen molar-refractivity contribution < 1.29 is 4.74 Å². The Balaban J connectivity index is 1.90. The van der Waals surface area contributed by atoms with E-state index in [-0.39, 0.29) is 0 Å². The lowest BCUT2D eigenvalue weighted by Gasteiger charge is -2.25. The standard InChI is InChI=1S/C21H27NO/c1-4-18-20(23-3)13-17-7-5-6-8-19(17)21(18)22-14-16-11-9-15(2)10-12-16/h4,9,11-13,15,22H,1,5-8,10,14H2,2-3H3. The molecule has 0 fully saturated rings. The SMILES string of the molecule is C=Cc1c(OC)cc2c(c1NCC1=CCC(C)C=C1)CCCC2. The van der Waals surface area contributed by atoms with E-state index in [0.29, 0.717) is 5.92 Å². The van der Waals surface area contributed by atoms with Crippen LogP contribution < -0.4 is 10.1 Å². The lowest BCUT2D eigenvalue weighted by atomic mass is 9.87. The molecule has 2 heteroatoms. The van der Waals surface area contributed by atoms with Crippen LogP contribution >= 0.6 is 0 Å². The highest BCUT2D eigenvalue weighted by atomic mass is 16.5. The number of methoxy groups -OCH3 is 1. The smallest absolute Gasteiger partial charge is 0.128 e. The Morgan fingerprint density at radius 2 is 2.17 bits per heavy atom. The molecule has 0 aromatic heterocycles. The second kappa shape index (κ2) is 7.08. The number of fused-ring (bicyclic) bond motifs is 1. The summed E-state index contributed by atoms with van der Waals surface area (Å²) < 4.78 is 5.61. The van der Waals surface area contributed by atoms with Crippen molar-refractivity contribution >= 4 is 11.8 Å². The summed E-state index contributed by atoms with van der Waals surface area (Å²) >= 11 is 0. The maximum absolute atomic E-state index is 5.61. The molecule has 3 rings (SSSR count). The molecular formula is C21H27NO.